The number of carbonyl (C=O) groups is 1. The lowest BCUT2D eigenvalue weighted by molar-refractivity contribution is 0.112. The monoisotopic (exact) mass is 179 g/mol. The summed E-state index contributed by atoms with van der Waals surface area (Å²) in [5.74, 6) is 0.894. The van der Waals surface area contributed by atoms with E-state index in [1.165, 1.54) is 6.20 Å². The highest BCUT2D eigenvalue weighted by Crippen LogP contribution is 2.19. The second-order valence-corrected chi connectivity index (χ2v) is 3.90. The van der Waals surface area contributed by atoms with Gasteiger partial charge in [0.15, 0.2) is 6.29 Å². The number of nitrogen functional groups attached to an aromatic ring is 1. The molecular formula is C9H13N3O. The second kappa shape index (κ2) is 3.12. The number of aromatic nitrogens is 2. The van der Waals surface area contributed by atoms with E-state index < -0.39 is 0 Å². The van der Waals surface area contributed by atoms with Crippen LogP contribution in [-0.2, 0) is 5.41 Å². The van der Waals surface area contributed by atoms with E-state index in [2.05, 4.69) is 9.97 Å². The first-order valence-corrected chi connectivity index (χ1v) is 4.03. The standard InChI is InChI=1S/C9H13N3O/c1-9(2,3)8-11-4-6(5-13)7(10)12-8/h4-5H,1-3H3,(H2,10,11,12). The SMILES string of the molecule is CC(C)(C)c1ncc(C=O)c(N)n1. The normalized spacial score (nSPS) is 11.3. The van der Waals surface area contributed by atoms with Crippen molar-refractivity contribution in [3.8, 4) is 0 Å². The predicted molar refractivity (Wildman–Crippen MR) is 50.5 cm³/mol. The van der Waals surface area contributed by atoms with Crippen LogP contribution in [0.5, 0.6) is 0 Å². The first-order valence-electron chi connectivity index (χ1n) is 4.03. The molecule has 0 aromatic carbocycles. The number of nitrogens with zero attached hydrogens (tertiary/aromatic N) is 2. The Balaban J connectivity index is 3.17. The van der Waals surface area contributed by atoms with Gasteiger partial charge in [-0.1, -0.05) is 20.8 Å². The molecule has 0 bridgehead atoms. The molecule has 0 atom stereocenters. The van der Waals surface area contributed by atoms with Crippen molar-refractivity contribution in [2.45, 2.75) is 26.2 Å². The third-order valence-electron chi connectivity index (χ3n) is 1.65. The molecule has 0 fully saturated rings. The highest BCUT2D eigenvalue weighted by atomic mass is 16.1. The van der Waals surface area contributed by atoms with Gasteiger partial charge in [0.1, 0.15) is 11.6 Å². The maximum Gasteiger partial charge on any atom is 0.155 e. The van der Waals surface area contributed by atoms with E-state index in [9.17, 15) is 4.79 Å². The fraction of sp³-hybridized carbons (Fsp3) is 0.444. The van der Waals surface area contributed by atoms with Crippen molar-refractivity contribution in [3.63, 3.8) is 0 Å². The van der Waals surface area contributed by atoms with Crippen molar-refractivity contribution < 1.29 is 4.79 Å². The van der Waals surface area contributed by atoms with E-state index in [1.807, 2.05) is 20.8 Å². The fourth-order valence-corrected chi connectivity index (χ4v) is 0.856. The quantitative estimate of drug-likeness (QED) is 0.657. The van der Waals surface area contributed by atoms with Gasteiger partial charge in [-0.15, -0.1) is 0 Å². The molecule has 0 aliphatic heterocycles. The van der Waals surface area contributed by atoms with Crippen molar-refractivity contribution in [2.75, 3.05) is 5.73 Å². The fourth-order valence-electron chi connectivity index (χ4n) is 0.856. The lowest BCUT2D eigenvalue weighted by atomic mass is 9.96. The van der Waals surface area contributed by atoms with E-state index in [0.717, 1.165) is 0 Å². The molecule has 2 N–H and O–H groups in total. The van der Waals surface area contributed by atoms with Crippen LogP contribution in [0.25, 0.3) is 0 Å². The van der Waals surface area contributed by atoms with Crippen LogP contribution in [0.2, 0.25) is 0 Å². The van der Waals surface area contributed by atoms with Gasteiger partial charge in [-0.05, 0) is 0 Å². The van der Waals surface area contributed by atoms with Crippen molar-refractivity contribution in [3.05, 3.63) is 17.6 Å². The lowest BCUT2D eigenvalue weighted by Gasteiger charge is -2.16. The minimum Gasteiger partial charge on any atom is -0.383 e. The van der Waals surface area contributed by atoms with Gasteiger partial charge in [0.25, 0.3) is 0 Å². The molecular weight excluding hydrogens is 166 g/mol. The molecule has 4 heteroatoms. The molecule has 4 nitrogen and oxygen atoms in total. The Bertz CT molecular complexity index is 328. The van der Waals surface area contributed by atoms with Gasteiger partial charge in [-0.3, -0.25) is 4.79 Å². The zero-order valence-electron chi connectivity index (χ0n) is 8.03. The first-order chi connectivity index (χ1) is 5.95. The summed E-state index contributed by atoms with van der Waals surface area (Å²) in [5.41, 5.74) is 5.74. The molecule has 0 spiro atoms. The Morgan fingerprint density at radius 3 is 2.46 bits per heavy atom. The summed E-state index contributed by atoms with van der Waals surface area (Å²) in [6.07, 6.45) is 2.11. The molecule has 0 radical (unpaired) electrons. The molecule has 1 rings (SSSR count). The Morgan fingerprint density at radius 1 is 1.46 bits per heavy atom. The van der Waals surface area contributed by atoms with Crippen molar-refractivity contribution in [1.29, 1.82) is 0 Å². The summed E-state index contributed by atoms with van der Waals surface area (Å²) < 4.78 is 0. The van der Waals surface area contributed by atoms with Gasteiger partial charge in [0.2, 0.25) is 0 Å². The summed E-state index contributed by atoms with van der Waals surface area (Å²) in [5, 5.41) is 0. The van der Waals surface area contributed by atoms with Crippen LogP contribution in [0.3, 0.4) is 0 Å². The van der Waals surface area contributed by atoms with Crippen LogP contribution in [0.4, 0.5) is 5.82 Å². The molecule has 1 heterocycles. The molecule has 0 saturated carbocycles. The number of carbonyl (C=O) groups excluding carboxylic acids is 1. The number of anilines is 1. The zero-order chi connectivity index (χ0) is 10.1. The lowest BCUT2D eigenvalue weighted by Crippen LogP contribution is -2.17. The summed E-state index contributed by atoms with van der Waals surface area (Å²) in [6.45, 7) is 5.97. The summed E-state index contributed by atoms with van der Waals surface area (Å²) in [7, 11) is 0. The Kier molecular flexibility index (Phi) is 2.32. The number of aldehydes is 1. The van der Waals surface area contributed by atoms with Gasteiger partial charge in [-0.2, -0.15) is 0 Å². The highest BCUT2D eigenvalue weighted by molar-refractivity contribution is 5.80. The molecule has 0 saturated heterocycles. The zero-order valence-corrected chi connectivity index (χ0v) is 8.03. The molecule has 1 aromatic rings. The molecule has 0 amide bonds. The minimum absolute atomic E-state index is 0.143. The van der Waals surface area contributed by atoms with Crippen LogP contribution in [0.1, 0.15) is 37.0 Å². The number of hydrogen-bond donors (Lipinski definition) is 1. The molecule has 13 heavy (non-hydrogen) atoms. The van der Waals surface area contributed by atoms with E-state index >= 15 is 0 Å². The number of rotatable bonds is 1. The van der Waals surface area contributed by atoms with E-state index in [-0.39, 0.29) is 11.2 Å². The molecule has 0 aliphatic rings. The first kappa shape index (κ1) is 9.64. The van der Waals surface area contributed by atoms with Gasteiger partial charge < -0.3 is 5.73 Å². The van der Waals surface area contributed by atoms with Crippen LogP contribution in [-0.4, -0.2) is 16.3 Å². The minimum atomic E-state index is -0.143. The number of hydrogen-bond acceptors (Lipinski definition) is 4. The average Bonchev–Trinajstić information content (AvgIpc) is 2.02. The highest BCUT2D eigenvalue weighted by Gasteiger charge is 2.17. The average molecular weight is 179 g/mol. The van der Waals surface area contributed by atoms with E-state index in [4.69, 9.17) is 5.73 Å². The van der Waals surface area contributed by atoms with Crippen LogP contribution < -0.4 is 5.73 Å². The second-order valence-electron chi connectivity index (χ2n) is 3.90. The van der Waals surface area contributed by atoms with Gasteiger partial charge >= 0.3 is 0 Å². The maximum absolute atomic E-state index is 10.4. The molecule has 0 aliphatic carbocycles. The summed E-state index contributed by atoms with van der Waals surface area (Å²) in [6, 6.07) is 0. The van der Waals surface area contributed by atoms with Crippen molar-refractivity contribution >= 4 is 12.1 Å². The van der Waals surface area contributed by atoms with Crippen LogP contribution >= 0.6 is 0 Å². The van der Waals surface area contributed by atoms with Gasteiger partial charge in [0.05, 0.1) is 5.56 Å². The third-order valence-corrected chi connectivity index (χ3v) is 1.65. The third kappa shape index (κ3) is 2.02. The van der Waals surface area contributed by atoms with Crippen molar-refractivity contribution in [2.24, 2.45) is 0 Å². The summed E-state index contributed by atoms with van der Waals surface area (Å²) in [4.78, 5) is 18.5. The Labute approximate surface area is 77.2 Å². The smallest absolute Gasteiger partial charge is 0.155 e. The largest absolute Gasteiger partial charge is 0.383 e. The molecule has 70 valence electrons. The van der Waals surface area contributed by atoms with Crippen molar-refractivity contribution in [1.82, 2.24) is 9.97 Å². The molecule has 0 unspecified atom stereocenters. The molecule has 1 aromatic heterocycles. The predicted octanol–water partition coefficient (Wildman–Crippen LogP) is 1.17. The topological polar surface area (TPSA) is 68.9 Å². The van der Waals surface area contributed by atoms with Crippen LogP contribution in [0.15, 0.2) is 6.20 Å². The van der Waals surface area contributed by atoms with Gasteiger partial charge in [0, 0.05) is 11.6 Å². The number of nitrogens with two attached hydrogens (primary N) is 1. The van der Waals surface area contributed by atoms with Gasteiger partial charge in [-0.25, -0.2) is 9.97 Å². The maximum atomic E-state index is 10.4. The van der Waals surface area contributed by atoms with E-state index in [1.54, 1.807) is 0 Å². The summed E-state index contributed by atoms with van der Waals surface area (Å²) >= 11 is 0. The van der Waals surface area contributed by atoms with Crippen LogP contribution in [0, 0.1) is 0 Å². The Hall–Kier alpha value is -1.45. The van der Waals surface area contributed by atoms with E-state index in [0.29, 0.717) is 17.7 Å². The Morgan fingerprint density at radius 2 is 2.08 bits per heavy atom.